The van der Waals surface area contributed by atoms with Crippen LogP contribution in [0.3, 0.4) is 0 Å². The molecule has 2 aromatic heterocycles. The van der Waals surface area contributed by atoms with Crippen LogP contribution < -0.4 is 0 Å². The van der Waals surface area contributed by atoms with Crippen LogP contribution in [0, 0.1) is 13.8 Å². The van der Waals surface area contributed by atoms with E-state index >= 15 is 0 Å². The van der Waals surface area contributed by atoms with E-state index < -0.39 is 0 Å². The van der Waals surface area contributed by atoms with Crippen LogP contribution in [-0.2, 0) is 13.0 Å². The molecule has 3 heterocycles. The second-order valence-corrected chi connectivity index (χ2v) is 7.03. The van der Waals surface area contributed by atoms with Crippen LogP contribution in [0.25, 0.3) is 22.8 Å². The highest BCUT2D eigenvalue weighted by Crippen LogP contribution is 2.38. The summed E-state index contributed by atoms with van der Waals surface area (Å²) in [7, 11) is 0. The SMILES string of the molecule is Cc1ccc(Cc2cnc3n2Cc2c-3noc2-c2ccc(C)cc2)cc1. The van der Waals surface area contributed by atoms with Crippen LogP contribution in [0.15, 0.2) is 59.3 Å². The molecule has 0 radical (unpaired) electrons. The maximum atomic E-state index is 5.66. The first kappa shape index (κ1) is 15.1. The molecule has 0 fully saturated rings. The van der Waals surface area contributed by atoms with Gasteiger partial charge in [-0.15, -0.1) is 0 Å². The van der Waals surface area contributed by atoms with E-state index in [9.17, 15) is 0 Å². The van der Waals surface area contributed by atoms with Gasteiger partial charge in [-0.1, -0.05) is 64.8 Å². The van der Waals surface area contributed by atoms with Gasteiger partial charge in [0.15, 0.2) is 17.3 Å². The number of hydrogen-bond donors (Lipinski definition) is 0. The fourth-order valence-corrected chi connectivity index (χ4v) is 3.55. The lowest BCUT2D eigenvalue weighted by atomic mass is 10.1. The Bertz CT molecular complexity index is 1090. The molecule has 4 nitrogen and oxygen atoms in total. The highest BCUT2D eigenvalue weighted by atomic mass is 16.5. The Morgan fingerprint density at radius 3 is 2.38 bits per heavy atom. The molecule has 0 aliphatic carbocycles. The maximum Gasteiger partial charge on any atom is 0.172 e. The molecule has 2 aromatic carbocycles. The summed E-state index contributed by atoms with van der Waals surface area (Å²) in [6, 6.07) is 17.0. The minimum Gasteiger partial charge on any atom is -0.355 e. The monoisotopic (exact) mass is 341 g/mol. The van der Waals surface area contributed by atoms with Gasteiger partial charge in [0.25, 0.3) is 0 Å². The Labute approximate surface area is 152 Å². The number of hydrogen-bond acceptors (Lipinski definition) is 3. The van der Waals surface area contributed by atoms with Crippen molar-refractivity contribution >= 4 is 0 Å². The molecule has 128 valence electrons. The Kier molecular flexibility index (Phi) is 3.32. The summed E-state index contributed by atoms with van der Waals surface area (Å²) >= 11 is 0. The summed E-state index contributed by atoms with van der Waals surface area (Å²) in [5.74, 6) is 1.76. The van der Waals surface area contributed by atoms with Gasteiger partial charge < -0.3 is 9.09 Å². The molecule has 0 saturated carbocycles. The van der Waals surface area contributed by atoms with Crippen molar-refractivity contribution < 1.29 is 4.52 Å². The number of nitrogens with zero attached hydrogens (tertiary/aromatic N) is 3. The van der Waals surface area contributed by atoms with Gasteiger partial charge in [0.05, 0.1) is 12.1 Å². The minimum atomic E-state index is 0.762. The molecule has 1 aliphatic heterocycles. The third-order valence-electron chi connectivity index (χ3n) is 5.07. The van der Waals surface area contributed by atoms with E-state index in [-0.39, 0.29) is 0 Å². The number of benzene rings is 2. The van der Waals surface area contributed by atoms with Gasteiger partial charge in [0.1, 0.15) is 0 Å². The lowest BCUT2D eigenvalue weighted by Gasteiger charge is -2.06. The number of fused-ring (bicyclic) bond motifs is 3. The second kappa shape index (κ2) is 5.70. The van der Waals surface area contributed by atoms with Gasteiger partial charge in [-0.2, -0.15) is 0 Å². The van der Waals surface area contributed by atoms with Crippen LogP contribution in [0.5, 0.6) is 0 Å². The Morgan fingerprint density at radius 1 is 0.962 bits per heavy atom. The first-order chi connectivity index (χ1) is 12.7. The number of aromatic nitrogens is 3. The average Bonchev–Trinajstić information content (AvgIpc) is 3.31. The van der Waals surface area contributed by atoms with E-state index in [0.29, 0.717) is 0 Å². The molecule has 0 N–H and O–H groups in total. The highest BCUT2D eigenvalue weighted by Gasteiger charge is 2.30. The normalized spacial score (nSPS) is 12.2. The van der Waals surface area contributed by atoms with E-state index in [2.05, 4.69) is 77.1 Å². The molecule has 0 saturated heterocycles. The minimum absolute atomic E-state index is 0.762. The summed E-state index contributed by atoms with van der Waals surface area (Å²) in [5, 5.41) is 4.31. The lowest BCUT2D eigenvalue weighted by molar-refractivity contribution is 0.431. The molecule has 0 unspecified atom stereocenters. The summed E-state index contributed by atoms with van der Waals surface area (Å²) in [4.78, 5) is 4.61. The Balaban J connectivity index is 1.49. The van der Waals surface area contributed by atoms with Gasteiger partial charge in [-0.3, -0.25) is 0 Å². The van der Waals surface area contributed by atoms with Crippen LogP contribution in [-0.4, -0.2) is 14.7 Å². The zero-order valence-corrected chi connectivity index (χ0v) is 14.9. The molecule has 0 bridgehead atoms. The maximum absolute atomic E-state index is 5.66. The molecule has 5 rings (SSSR count). The molecule has 0 amide bonds. The predicted octanol–water partition coefficient (Wildman–Crippen LogP) is 4.77. The highest BCUT2D eigenvalue weighted by molar-refractivity contribution is 5.72. The van der Waals surface area contributed by atoms with E-state index in [1.165, 1.54) is 22.4 Å². The van der Waals surface area contributed by atoms with Gasteiger partial charge in [-0.25, -0.2) is 4.98 Å². The van der Waals surface area contributed by atoms with Gasteiger partial charge in [0.2, 0.25) is 0 Å². The van der Waals surface area contributed by atoms with Crippen molar-refractivity contribution in [3.05, 3.63) is 82.7 Å². The fourth-order valence-electron chi connectivity index (χ4n) is 3.55. The topological polar surface area (TPSA) is 43.9 Å². The number of rotatable bonds is 3. The standard InChI is InChI=1S/C22H19N3O/c1-14-3-7-16(8-4-14)11-18-12-23-22-20-19(13-25(18)22)21(26-24-20)17-9-5-15(2)6-10-17/h3-10,12H,11,13H2,1-2H3. The smallest absolute Gasteiger partial charge is 0.172 e. The van der Waals surface area contributed by atoms with Crippen LogP contribution in [0.2, 0.25) is 0 Å². The zero-order chi connectivity index (χ0) is 17.7. The fraction of sp³-hybridized carbons (Fsp3) is 0.182. The quantitative estimate of drug-likeness (QED) is 0.474. The molecule has 26 heavy (non-hydrogen) atoms. The first-order valence-electron chi connectivity index (χ1n) is 8.85. The van der Waals surface area contributed by atoms with Crippen molar-refractivity contribution in [2.24, 2.45) is 0 Å². The van der Waals surface area contributed by atoms with Crippen LogP contribution in [0.1, 0.15) is 27.9 Å². The largest absolute Gasteiger partial charge is 0.355 e. The molecule has 1 aliphatic rings. The Hall–Kier alpha value is -3.14. The molecule has 0 atom stereocenters. The molecule has 4 aromatic rings. The van der Waals surface area contributed by atoms with Crippen LogP contribution in [0.4, 0.5) is 0 Å². The van der Waals surface area contributed by atoms with E-state index in [1.54, 1.807) is 0 Å². The van der Waals surface area contributed by atoms with E-state index in [4.69, 9.17) is 4.52 Å². The summed E-state index contributed by atoms with van der Waals surface area (Å²) in [6.45, 7) is 4.96. The van der Waals surface area contributed by atoms with Crippen molar-refractivity contribution in [2.45, 2.75) is 26.8 Å². The van der Waals surface area contributed by atoms with Crippen LogP contribution >= 0.6 is 0 Å². The molecule has 4 heteroatoms. The summed E-state index contributed by atoms with van der Waals surface area (Å²) in [6.07, 6.45) is 2.83. The second-order valence-electron chi connectivity index (χ2n) is 7.03. The van der Waals surface area contributed by atoms with Crippen molar-refractivity contribution in [3.8, 4) is 22.8 Å². The molecular weight excluding hydrogens is 322 g/mol. The molecular formula is C22H19N3O. The number of imidazole rings is 1. The van der Waals surface area contributed by atoms with E-state index in [0.717, 1.165) is 41.4 Å². The Morgan fingerprint density at radius 2 is 1.65 bits per heavy atom. The lowest BCUT2D eigenvalue weighted by Crippen LogP contribution is -2.01. The predicted molar refractivity (Wildman–Crippen MR) is 101 cm³/mol. The first-order valence-corrected chi connectivity index (χ1v) is 8.85. The summed E-state index contributed by atoms with van der Waals surface area (Å²) in [5.41, 5.74) is 8.07. The van der Waals surface area contributed by atoms with Gasteiger partial charge in [-0.05, 0) is 19.4 Å². The third kappa shape index (κ3) is 2.37. The number of aryl methyl sites for hydroxylation is 2. The summed E-state index contributed by atoms with van der Waals surface area (Å²) < 4.78 is 7.91. The van der Waals surface area contributed by atoms with Crippen molar-refractivity contribution in [1.82, 2.24) is 14.7 Å². The van der Waals surface area contributed by atoms with Crippen molar-refractivity contribution in [3.63, 3.8) is 0 Å². The average molecular weight is 341 g/mol. The third-order valence-corrected chi connectivity index (χ3v) is 5.07. The molecule has 0 spiro atoms. The zero-order valence-electron chi connectivity index (χ0n) is 14.9. The van der Waals surface area contributed by atoms with Crippen molar-refractivity contribution in [1.29, 1.82) is 0 Å². The van der Waals surface area contributed by atoms with Gasteiger partial charge >= 0.3 is 0 Å². The van der Waals surface area contributed by atoms with Gasteiger partial charge in [0, 0.05) is 23.9 Å². The van der Waals surface area contributed by atoms with Crippen molar-refractivity contribution in [2.75, 3.05) is 0 Å². The van der Waals surface area contributed by atoms with E-state index in [1.807, 2.05) is 6.20 Å².